The summed E-state index contributed by atoms with van der Waals surface area (Å²) in [6.07, 6.45) is 0.575. The Morgan fingerprint density at radius 3 is 2.50 bits per heavy atom. The van der Waals surface area contributed by atoms with Gasteiger partial charge in [-0.2, -0.15) is 0 Å². The number of methoxy groups -OCH3 is 1. The molecule has 1 atom stereocenters. The Balaban J connectivity index is 2.50. The van der Waals surface area contributed by atoms with Crippen LogP contribution in [0.25, 0.3) is 0 Å². The molecule has 1 aromatic carbocycles. The van der Waals surface area contributed by atoms with Gasteiger partial charge in [0.2, 0.25) is 0 Å². The van der Waals surface area contributed by atoms with Gasteiger partial charge in [-0.3, -0.25) is 4.79 Å². The molecule has 1 unspecified atom stereocenters. The average Bonchev–Trinajstić information content (AvgIpc) is 2.30. The van der Waals surface area contributed by atoms with E-state index < -0.39 is 12.0 Å². The Bertz CT molecular complexity index is 335. The summed E-state index contributed by atoms with van der Waals surface area (Å²) in [6, 6.07) is 7.07. The minimum Gasteiger partial charge on any atom is -0.497 e. The third kappa shape index (κ3) is 3.55. The maximum atomic E-state index is 10.8. The van der Waals surface area contributed by atoms with Crippen molar-refractivity contribution in [2.75, 3.05) is 7.11 Å². The molecule has 16 heavy (non-hydrogen) atoms. The molecule has 0 fully saturated rings. The van der Waals surface area contributed by atoms with Crippen LogP contribution in [0.15, 0.2) is 24.3 Å². The van der Waals surface area contributed by atoms with Crippen molar-refractivity contribution in [3.05, 3.63) is 29.8 Å². The minimum atomic E-state index is -0.809. The molecule has 0 saturated heterocycles. The van der Waals surface area contributed by atoms with E-state index in [1.807, 2.05) is 31.2 Å². The van der Waals surface area contributed by atoms with Crippen LogP contribution in [-0.4, -0.2) is 24.2 Å². The van der Waals surface area contributed by atoms with Gasteiger partial charge in [0.25, 0.3) is 0 Å². The second-order valence-corrected chi connectivity index (χ2v) is 3.53. The first-order chi connectivity index (χ1) is 7.67. The van der Waals surface area contributed by atoms with Crippen LogP contribution in [0.4, 0.5) is 0 Å². The molecule has 0 bridgehead atoms. The fourth-order valence-electron chi connectivity index (χ4n) is 1.39. The first kappa shape index (κ1) is 12.5. The van der Waals surface area contributed by atoms with E-state index in [2.05, 4.69) is 5.32 Å². The Labute approximate surface area is 95.2 Å². The summed E-state index contributed by atoms with van der Waals surface area (Å²) >= 11 is 0. The Hall–Kier alpha value is -1.55. The lowest BCUT2D eigenvalue weighted by Gasteiger charge is -2.12. The molecule has 1 rings (SSSR count). The number of hydrogen-bond donors (Lipinski definition) is 2. The van der Waals surface area contributed by atoms with Crippen molar-refractivity contribution in [2.45, 2.75) is 25.9 Å². The van der Waals surface area contributed by atoms with Crippen LogP contribution in [0.1, 0.15) is 18.9 Å². The molecule has 0 aliphatic heterocycles. The minimum absolute atomic E-state index is 0.484. The van der Waals surface area contributed by atoms with Crippen molar-refractivity contribution in [3.63, 3.8) is 0 Å². The zero-order valence-electron chi connectivity index (χ0n) is 9.56. The van der Waals surface area contributed by atoms with Crippen molar-refractivity contribution in [1.29, 1.82) is 0 Å². The molecule has 0 heterocycles. The van der Waals surface area contributed by atoms with Gasteiger partial charge in [-0.1, -0.05) is 19.1 Å². The number of aliphatic carboxylic acids is 1. The van der Waals surface area contributed by atoms with E-state index in [-0.39, 0.29) is 0 Å². The van der Waals surface area contributed by atoms with Gasteiger partial charge in [0.05, 0.1) is 7.11 Å². The molecule has 88 valence electrons. The van der Waals surface area contributed by atoms with Gasteiger partial charge in [-0.25, -0.2) is 0 Å². The van der Waals surface area contributed by atoms with E-state index in [0.717, 1.165) is 11.3 Å². The predicted molar refractivity (Wildman–Crippen MR) is 61.5 cm³/mol. The van der Waals surface area contributed by atoms with Crippen LogP contribution in [-0.2, 0) is 11.3 Å². The molecule has 0 aliphatic carbocycles. The molecular weight excluding hydrogens is 206 g/mol. The van der Waals surface area contributed by atoms with Gasteiger partial charge in [0.1, 0.15) is 11.8 Å². The maximum Gasteiger partial charge on any atom is 0.320 e. The molecule has 2 N–H and O–H groups in total. The topological polar surface area (TPSA) is 58.6 Å². The van der Waals surface area contributed by atoms with Crippen LogP contribution in [0.3, 0.4) is 0 Å². The Morgan fingerprint density at radius 2 is 2.06 bits per heavy atom. The van der Waals surface area contributed by atoms with E-state index in [1.165, 1.54) is 0 Å². The van der Waals surface area contributed by atoms with Crippen molar-refractivity contribution in [1.82, 2.24) is 5.32 Å². The van der Waals surface area contributed by atoms with Gasteiger partial charge in [0.15, 0.2) is 0 Å². The zero-order chi connectivity index (χ0) is 12.0. The van der Waals surface area contributed by atoms with Crippen LogP contribution in [0.2, 0.25) is 0 Å². The van der Waals surface area contributed by atoms with Gasteiger partial charge in [-0.05, 0) is 24.1 Å². The first-order valence-corrected chi connectivity index (χ1v) is 5.26. The number of carboxylic acids is 1. The van der Waals surface area contributed by atoms with Crippen molar-refractivity contribution in [3.8, 4) is 5.75 Å². The summed E-state index contributed by atoms with van der Waals surface area (Å²) < 4.78 is 5.04. The number of carbonyl (C=O) groups is 1. The van der Waals surface area contributed by atoms with E-state index in [4.69, 9.17) is 9.84 Å². The number of ether oxygens (including phenoxy) is 1. The molecular formula is C12H17NO3. The summed E-state index contributed by atoms with van der Waals surface area (Å²) in [5, 5.41) is 11.8. The second kappa shape index (κ2) is 6.12. The van der Waals surface area contributed by atoms with E-state index in [0.29, 0.717) is 13.0 Å². The smallest absolute Gasteiger partial charge is 0.320 e. The molecule has 0 amide bonds. The monoisotopic (exact) mass is 223 g/mol. The highest BCUT2D eigenvalue weighted by Crippen LogP contribution is 2.11. The summed E-state index contributed by atoms with van der Waals surface area (Å²) in [5.74, 6) is -0.00922. The molecule has 1 aromatic rings. The van der Waals surface area contributed by atoms with Crippen LogP contribution >= 0.6 is 0 Å². The number of benzene rings is 1. The van der Waals surface area contributed by atoms with Crippen molar-refractivity contribution in [2.24, 2.45) is 0 Å². The first-order valence-electron chi connectivity index (χ1n) is 5.26. The van der Waals surface area contributed by atoms with Gasteiger partial charge in [-0.15, -0.1) is 0 Å². The summed E-state index contributed by atoms with van der Waals surface area (Å²) in [4.78, 5) is 10.8. The highest BCUT2D eigenvalue weighted by atomic mass is 16.5. The number of carboxylic acid groups (broad SMARTS) is 1. The third-order valence-electron chi connectivity index (χ3n) is 2.42. The highest BCUT2D eigenvalue weighted by Gasteiger charge is 2.13. The molecule has 0 radical (unpaired) electrons. The fourth-order valence-corrected chi connectivity index (χ4v) is 1.39. The Morgan fingerprint density at radius 1 is 1.44 bits per heavy atom. The highest BCUT2D eigenvalue weighted by molar-refractivity contribution is 5.73. The summed E-state index contributed by atoms with van der Waals surface area (Å²) in [6.45, 7) is 2.40. The van der Waals surface area contributed by atoms with Crippen LogP contribution in [0.5, 0.6) is 5.75 Å². The second-order valence-electron chi connectivity index (χ2n) is 3.53. The number of nitrogens with one attached hydrogen (secondary N) is 1. The average molecular weight is 223 g/mol. The standard InChI is InChI=1S/C12H17NO3/c1-3-11(12(14)15)13-8-9-4-6-10(16-2)7-5-9/h4-7,11,13H,3,8H2,1-2H3,(H,14,15). The molecule has 0 spiro atoms. The van der Waals surface area contributed by atoms with E-state index in [1.54, 1.807) is 7.11 Å². The largest absolute Gasteiger partial charge is 0.497 e. The van der Waals surface area contributed by atoms with E-state index in [9.17, 15) is 4.79 Å². The molecule has 4 nitrogen and oxygen atoms in total. The normalized spacial score (nSPS) is 12.1. The predicted octanol–water partition coefficient (Wildman–Crippen LogP) is 1.65. The zero-order valence-corrected chi connectivity index (χ0v) is 9.56. The van der Waals surface area contributed by atoms with E-state index >= 15 is 0 Å². The van der Waals surface area contributed by atoms with Crippen LogP contribution < -0.4 is 10.1 Å². The quantitative estimate of drug-likeness (QED) is 0.769. The van der Waals surface area contributed by atoms with Crippen molar-refractivity contribution < 1.29 is 14.6 Å². The number of rotatable bonds is 6. The molecule has 4 heteroatoms. The lowest BCUT2D eigenvalue weighted by Crippen LogP contribution is -2.35. The Kier molecular flexibility index (Phi) is 4.79. The lowest BCUT2D eigenvalue weighted by atomic mass is 10.2. The maximum absolute atomic E-state index is 10.8. The fraction of sp³-hybridized carbons (Fsp3) is 0.417. The van der Waals surface area contributed by atoms with Gasteiger partial charge in [0, 0.05) is 6.54 Å². The molecule has 0 aromatic heterocycles. The number of hydrogen-bond acceptors (Lipinski definition) is 3. The van der Waals surface area contributed by atoms with Gasteiger partial charge < -0.3 is 15.2 Å². The third-order valence-corrected chi connectivity index (χ3v) is 2.42. The summed E-state index contributed by atoms with van der Waals surface area (Å²) in [7, 11) is 1.62. The van der Waals surface area contributed by atoms with Crippen LogP contribution in [0, 0.1) is 0 Å². The van der Waals surface area contributed by atoms with Crippen molar-refractivity contribution >= 4 is 5.97 Å². The molecule has 0 aliphatic rings. The van der Waals surface area contributed by atoms with Gasteiger partial charge >= 0.3 is 5.97 Å². The summed E-state index contributed by atoms with van der Waals surface area (Å²) in [5.41, 5.74) is 1.04. The molecule has 0 saturated carbocycles. The SMILES string of the molecule is CCC(NCc1ccc(OC)cc1)C(=O)O. The lowest BCUT2D eigenvalue weighted by molar-refractivity contribution is -0.139.